The van der Waals surface area contributed by atoms with Gasteiger partial charge in [-0.1, -0.05) is 0 Å². The second kappa shape index (κ2) is 6.58. The molecule has 0 amide bonds. The lowest BCUT2D eigenvalue weighted by Crippen LogP contribution is -2.02. The van der Waals surface area contributed by atoms with Crippen molar-refractivity contribution in [1.82, 2.24) is 10.3 Å². The third kappa shape index (κ3) is 2.86. The molecule has 2 rings (SSSR count). The van der Waals surface area contributed by atoms with Gasteiger partial charge in [-0.2, -0.15) is 0 Å². The number of nitrogens with one attached hydrogen (secondary N) is 1. The molecule has 5 nitrogen and oxygen atoms in total. The predicted octanol–water partition coefficient (Wildman–Crippen LogP) is 2.56. The number of hydrogen-bond donors (Lipinski definition) is 1. The first kappa shape index (κ1) is 14.6. The number of benzene rings is 1. The van der Waals surface area contributed by atoms with Crippen molar-refractivity contribution in [3.05, 3.63) is 23.2 Å². The van der Waals surface area contributed by atoms with Gasteiger partial charge in [0.05, 0.1) is 21.3 Å². The summed E-state index contributed by atoms with van der Waals surface area (Å²) >= 11 is 1.64. The molecule has 0 atom stereocenters. The van der Waals surface area contributed by atoms with Gasteiger partial charge in [-0.25, -0.2) is 4.98 Å². The molecule has 0 spiro atoms. The van der Waals surface area contributed by atoms with Gasteiger partial charge in [-0.05, 0) is 19.2 Å². The van der Waals surface area contributed by atoms with Gasteiger partial charge in [0.2, 0.25) is 5.75 Å². The molecule has 0 fully saturated rings. The van der Waals surface area contributed by atoms with Crippen molar-refractivity contribution in [1.29, 1.82) is 0 Å². The number of hydrogen-bond acceptors (Lipinski definition) is 6. The Hall–Kier alpha value is -1.79. The van der Waals surface area contributed by atoms with E-state index in [2.05, 4.69) is 10.3 Å². The highest BCUT2D eigenvalue weighted by atomic mass is 32.1. The van der Waals surface area contributed by atoms with Crippen molar-refractivity contribution >= 4 is 11.3 Å². The molecule has 0 saturated heterocycles. The van der Waals surface area contributed by atoms with E-state index in [1.165, 1.54) is 4.88 Å². The molecule has 20 heavy (non-hydrogen) atoms. The summed E-state index contributed by atoms with van der Waals surface area (Å²) in [6, 6.07) is 3.81. The molecule has 0 aliphatic rings. The van der Waals surface area contributed by atoms with Crippen molar-refractivity contribution < 1.29 is 14.2 Å². The normalized spacial score (nSPS) is 10.4. The maximum Gasteiger partial charge on any atom is 0.203 e. The number of ether oxygens (including phenoxy) is 3. The fourth-order valence-electron chi connectivity index (χ4n) is 1.90. The van der Waals surface area contributed by atoms with Gasteiger partial charge in [0.1, 0.15) is 5.01 Å². The lowest BCUT2D eigenvalue weighted by Gasteiger charge is -2.13. The Morgan fingerprint density at radius 3 is 2.25 bits per heavy atom. The molecule has 0 saturated carbocycles. The number of thiazole rings is 1. The molecule has 6 heteroatoms. The van der Waals surface area contributed by atoms with Crippen LogP contribution >= 0.6 is 11.3 Å². The average Bonchev–Trinajstić information content (AvgIpc) is 2.94. The van der Waals surface area contributed by atoms with Gasteiger partial charge in [-0.15, -0.1) is 11.3 Å². The Morgan fingerprint density at radius 1 is 1.10 bits per heavy atom. The van der Waals surface area contributed by atoms with E-state index in [4.69, 9.17) is 14.2 Å². The SMILES string of the molecule is CNCc1cnc(-c2cc(OC)c(OC)c(OC)c2)s1. The second-order valence-corrected chi connectivity index (χ2v) is 5.19. The fourth-order valence-corrected chi connectivity index (χ4v) is 2.81. The topological polar surface area (TPSA) is 52.6 Å². The van der Waals surface area contributed by atoms with E-state index >= 15 is 0 Å². The number of rotatable bonds is 6. The summed E-state index contributed by atoms with van der Waals surface area (Å²) in [7, 11) is 6.72. The maximum absolute atomic E-state index is 5.35. The first-order valence-electron chi connectivity index (χ1n) is 6.13. The molecule has 1 heterocycles. The smallest absolute Gasteiger partial charge is 0.203 e. The quantitative estimate of drug-likeness (QED) is 0.887. The molecule has 1 N–H and O–H groups in total. The Balaban J connectivity index is 2.45. The van der Waals surface area contributed by atoms with Gasteiger partial charge in [0.15, 0.2) is 11.5 Å². The largest absolute Gasteiger partial charge is 0.493 e. The van der Waals surface area contributed by atoms with E-state index in [1.807, 2.05) is 25.4 Å². The molecule has 0 bridgehead atoms. The Morgan fingerprint density at radius 2 is 1.75 bits per heavy atom. The van der Waals surface area contributed by atoms with Crippen LogP contribution in [0, 0.1) is 0 Å². The third-order valence-electron chi connectivity index (χ3n) is 2.82. The lowest BCUT2D eigenvalue weighted by atomic mass is 10.2. The highest BCUT2D eigenvalue weighted by Gasteiger charge is 2.15. The molecular formula is C14H18N2O3S. The molecule has 1 aromatic carbocycles. The second-order valence-electron chi connectivity index (χ2n) is 4.08. The van der Waals surface area contributed by atoms with Crippen LogP contribution in [0.5, 0.6) is 17.2 Å². The summed E-state index contributed by atoms with van der Waals surface area (Å²) in [6.07, 6.45) is 1.87. The summed E-state index contributed by atoms with van der Waals surface area (Å²) < 4.78 is 16.0. The Kier molecular flexibility index (Phi) is 4.81. The van der Waals surface area contributed by atoms with Crippen molar-refractivity contribution in [2.24, 2.45) is 0 Å². The van der Waals surface area contributed by atoms with Crippen molar-refractivity contribution in [2.75, 3.05) is 28.4 Å². The van der Waals surface area contributed by atoms with Crippen molar-refractivity contribution in [2.45, 2.75) is 6.54 Å². The Labute approximate surface area is 122 Å². The van der Waals surface area contributed by atoms with Crippen molar-refractivity contribution in [3.63, 3.8) is 0 Å². The van der Waals surface area contributed by atoms with E-state index in [9.17, 15) is 0 Å². The monoisotopic (exact) mass is 294 g/mol. The van der Waals surface area contributed by atoms with E-state index in [1.54, 1.807) is 32.7 Å². The van der Waals surface area contributed by atoms with Crippen LogP contribution in [0.2, 0.25) is 0 Å². The molecule has 2 aromatic rings. The number of aromatic nitrogens is 1. The molecule has 1 aromatic heterocycles. The Bertz CT molecular complexity index is 559. The maximum atomic E-state index is 5.35. The zero-order valence-electron chi connectivity index (χ0n) is 12.0. The van der Waals surface area contributed by atoms with Crippen molar-refractivity contribution in [3.8, 4) is 27.8 Å². The predicted molar refractivity (Wildman–Crippen MR) is 80.0 cm³/mol. The highest BCUT2D eigenvalue weighted by molar-refractivity contribution is 7.15. The van der Waals surface area contributed by atoms with Crippen LogP contribution in [0.3, 0.4) is 0 Å². The van der Waals surface area contributed by atoms with Gasteiger partial charge in [0, 0.05) is 23.2 Å². The van der Waals surface area contributed by atoms with E-state index in [0.29, 0.717) is 17.2 Å². The van der Waals surface area contributed by atoms with E-state index < -0.39 is 0 Å². The fraction of sp³-hybridized carbons (Fsp3) is 0.357. The van der Waals surface area contributed by atoms with Gasteiger partial charge >= 0.3 is 0 Å². The molecule has 0 aliphatic heterocycles. The summed E-state index contributed by atoms with van der Waals surface area (Å²) in [4.78, 5) is 5.62. The number of nitrogens with zero attached hydrogens (tertiary/aromatic N) is 1. The van der Waals surface area contributed by atoms with Crippen LogP contribution in [0.25, 0.3) is 10.6 Å². The summed E-state index contributed by atoms with van der Waals surface area (Å²) in [6.45, 7) is 0.808. The minimum atomic E-state index is 0.589. The summed E-state index contributed by atoms with van der Waals surface area (Å²) in [5.41, 5.74) is 0.951. The minimum Gasteiger partial charge on any atom is -0.493 e. The standard InChI is InChI=1S/C14H18N2O3S/c1-15-7-10-8-16-14(20-10)9-5-11(17-2)13(19-4)12(6-9)18-3/h5-6,8,15H,7H2,1-4H3. The highest BCUT2D eigenvalue weighted by Crippen LogP contribution is 2.41. The lowest BCUT2D eigenvalue weighted by molar-refractivity contribution is 0.324. The molecular weight excluding hydrogens is 276 g/mol. The minimum absolute atomic E-state index is 0.589. The van der Waals surface area contributed by atoms with Crippen LogP contribution in [0.4, 0.5) is 0 Å². The van der Waals surface area contributed by atoms with E-state index in [0.717, 1.165) is 17.1 Å². The summed E-state index contributed by atoms with van der Waals surface area (Å²) in [5.74, 6) is 1.85. The zero-order valence-corrected chi connectivity index (χ0v) is 12.8. The molecule has 0 aliphatic carbocycles. The van der Waals surface area contributed by atoms with Gasteiger partial charge in [0.25, 0.3) is 0 Å². The van der Waals surface area contributed by atoms with Gasteiger partial charge < -0.3 is 19.5 Å². The average molecular weight is 294 g/mol. The van der Waals surface area contributed by atoms with Crippen LogP contribution < -0.4 is 19.5 Å². The first-order valence-corrected chi connectivity index (χ1v) is 6.94. The zero-order chi connectivity index (χ0) is 14.5. The van der Waals surface area contributed by atoms with Crippen LogP contribution in [0.15, 0.2) is 18.3 Å². The van der Waals surface area contributed by atoms with Crippen LogP contribution in [-0.2, 0) is 6.54 Å². The van der Waals surface area contributed by atoms with E-state index in [-0.39, 0.29) is 0 Å². The summed E-state index contributed by atoms with van der Waals surface area (Å²) in [5, 5.41) is 4.04. The number of methoxy groups -OCH3 is 3. The van der Waals surface area contributed by atoms with Crippen LogP contribution in [0.1, 0.15) is 4.88 Å². The molecule has 0 radical (unpaired) electrons. The third-order valence-corrected chi connectivity index (χ3v) is 3.86. The van der Waals surface area contributed by atoms with Gasteiger partial charge in [-0.3, -0.25) is 0 Å². The molecule has 0 unspecified atom stereocenters. The first-order chi connectivity index (χ1) is 9.73. The van der Waals surface area contributed by atoms with Crippen LogP contribution in [-0.4, -0.2) is 33.4 Å². The molecule has 108 valence electrons.